The van der Waals surface area contributed by atoms with Crippen LogP contribution in [0.3, 0.4) is 0 Å². The van der Waals surface area contributed by atoms with Gasteiger partial charge in [0.1, 0.15) is 0 Å². The molecule has 0 aliphatic heterocycles. The molecule has 0 N–H and O–H groups in total. The van der Waals surface area contributed by atoms with Gasteiger partial charge in [0.2, 0.25) is 0 Å². The number of aromatic nitrogens is 1. The van der Waals surface area contributed by atoms with Gasteiger partial charge in [0.25, 0.3) is 0 Å². The highest BCUT2D eigenvalue weighted by Gasteiger charge is 2.47. The van der Waals surface area contributed by atoms with E-state index in [0.29, 0.717) is 5.56 Å². The van der Waals surface area contributed by atoms with Gasteiger partial charge in [-0.05, 0) is 50.1 Å². The van der Waals surface area contributed by atoms with E-state index in [0.717, 1.165) is 33.3 Å². The van der Waals surface area contributed by atoms with E-state index < -0.39 is 11.6 Å². The molecule has 3 aromatic rings. The molecular formula is C22H22F3N. The first-order valence-electron chi connectivity index (χ1n) is 8.61. The molecule has 0 fully saturated rings. The number of alkyl halides is 3. The predicted molar refractivity (Wildman–Crippen MR) is 100 cm³/mol. The number of halogens is 3. The van der Waals surface area contributed by atoms with Crippen LogP contribution < -0.4 is 0 Å². The average molecular weight is 357 g/mol. The van der Waals surface area contributed by atoms with Crippen LogP contribution in [0.25, 0.3) is 22.2 Å². The van der Waals surface area contributed by atoms with Crippen molar-refractivity contribution in [3.05, 3.63) is 65.2 Å². The molecule has 0 unspecified atom stereocenters. The molecule has 26 heavy (non-hydrogen) atoms. The zero-order valence-corrected chi connectivity index (χ0v) is 15.4. The van der Waals surface area contributed by atoms with Gasteiger partial charge >= 0.3 is 6.18 Å². The van der Waals surface area contributed by atoms with E-state index in [-0.39, 0.29) is 6.42 Å². The van der Waals surface area contributed by atoms with Crippen molar-refractivity contribution in [3.63, 3.8) is 0 Å². The molecule has 0 atom stereocenters. The molecule has 0 saturated heterocycles. The molecule has 2 aromatic carbocycles. The highest BCUT2D eigenvalue weighted by Crippen LogP contribution is 2.41. The minimum atomic E-state index is -4.25. The maximum absolute atomic E-state index is 13.3. The van der Waals surface area contributed by atoms with Gasteiger partial charge in [-0.25, -0.2) is 4.98 Å². The first kappa shape index (κ1) is 18.4. The Morgan fingerprint density at radius 2 is 1.54 bits per heavy atom. The molecule has 0 radical (unpaired) electrons. The Morgan fingerprint density at radius 1 is 0.885 bits per heavy atom. The smallest absolute Gasteiger partial charge is 0.248 e. The molecule has 0 amide bonds. The number of benzene rings is 2. The van der Waals surface area contributed by atoms with Crippen LogP contribution >= 0.6 is 0 Å². The van der Waals surface area contributed by atoms with Crippen LogP contribution in [-0.4, -0.2) is 11.2 Å². The Bertz CT molecular complexity index is 935. The molecule has 0 spiro atoms. The number of rotatable bonds is 3. The molecule has 1 heterocycles. The molecule has 136 valence electrons. The molecule has 1 aromatic heterocycles. The molecule has 0 aliphatic carbocycles. The normalized spacial score (nSPS) is 12.6. The van der Waals surface area contributed by atoms with E-state index in [4.69, 9.17) is 4.98 Å². The first-order valence-corrected chi connectivity index (χ1v) is 8.61. The lowest BCUT2D eigenvalue weighted by atomic mass is 9.84. The largest absolute Gasteiger partial charge is 0.394 e. The van der Waals surface area contributed by atoms with Crippen molar-refractivity contribution in [2.45, 2.75) is 40.3 Å². The third-order valence-electron chi connectivity index (χ3n) is 4.74. The number of hydrogen-bond donors (Lipinski definition) is 0. The molecule has 0 bridgehead atoms. The summed E-state index contributed by atoms with van der Waals surface area (Å²) in [7, 11) is 0. The van der Waals surface area contributed by atoms with Gasteiger partial charge in [-0.1, -0.05) is 49.2 Å². The highest BCUT2D eigenvalue weighted by atomic mass is 19.4. The fourth-order valence-electron chi connectivity index (χ4n) is 3.23. The minimum absolute atomic E-state index is 0.0710. The predicted octanol–water partition coefficient (Wildman–Crippen LogP) is 6.65. The maximum atomic E-state index is 13.3. The summed E-state index contributed by atoms with van der Waals surface area (Å²) < 4.78 is 39.8. The van der Waals surface area contributed by atoms with Crippen LogP contribution in [0.4, 0.5) is 13.2 Å². The summed E-state index contributed by atoms with van der Waals surface area (Å²) in [5, 5.41) is 0.776. The number of hydrogen-bond acceptors (Lipinski definition) is 1. The van der Waals surface area contributed by atoms with Gasteiger partial charge in [0.15, 0.2) is 0 Å². The lowest BCUT2D eigenvalue weighted by Gasteiger charge is -2.28. The van der Waals surface area contributed by atoms with Gasteiger partial charge in [-0.3, -0.25) is 0 Å². The topological polar surface area (TPSA) is 12.9 Å². The Kier molecular flexibility index (Phi) is 4.55. The van der Waals surface area contributed by atoms with Gasteiger partial charge in [-0.2, -0.15) is 13.2 Å². The molecule has 3 rings (SSSR count). The fourth-order valence-corrected chi connectivity index (χ4v) is 3.23. The van der Waals surface area contributed by atoms with Crippen LogP contribution in [0.15, 0.2) is 48.5 Å². The zero-order valence-electron chi connectivity index (χ0n) is 15.4. The Labute approximate surface area is 151 Å². The van der Waals surface area contributed by atoms with Crippen molar-refractivity contribution in [3.8, 4) is 11.3 Å². The molecular weight excluding hydrogens is 335 g/mol. The summed E-state index contributed by atoms with van der Waals surface area (Å²) >= 11 is 0. The number of nitrogens with zero attached hydrogens (tertiary/aromatic N) is 1. The van der Waals surface area contributed by atoms with E-state index in [1.165, 1.54) is 13.8 Å². The molecule has 4 heteroatoms. The molecule has 0 aliphatic rings. The van der Waals surface area contributed by atoms with E-state index >= 15 is 0 Å². The van der Waals surface area contributed by atoms with E-state index in [1.807, 2.05) is 32.0 Å². The molecule has 1 nitrogen and oxygen atoms in total. The standard InChI is InChI=1S/C22H22F3N/c1-14-10-15(2)12-17(11-14)19-9-8-18-16(6-5-7-20(18)26-19)13-21(3,4)22(23,24)25/h5-12H,13H2,1-4H3. The third-order valence-corrected chi connectivity index (χ3v) is 4.74. The van der Waals surface area contributed by atoms with Crippen molar-refractivity contribution >= 4 is 10.9 Å². The second kappa shape index (κ2) is 6.42. The average Bonchev–Trinajstić information content (AvgIpc) is 2.52. The van der Waals surface area contributed by atoms with E-state index in [9.17, 15) is 13.2 Å². The van der Waals surface area contributed by atoms with Crippen LogP contribution in [0.1, 0.15) is 30.5 Å². The summed E-state index contributed by atoms with van der Waals surface area (Å²) in [5.41, 5.74) is 3.77. The third kappa shape index (κ3) is 3.59. The summed E-state index contributed by atoms with van der Waals surface area (Å²) in [4.78, 5) is 4.70. The fraction of sp³-hybridized carbons (Fsp3) is 0.318. The van der Waals surface area contributed by atoms with Crippen molar-refractivity contribution in [1.82, 2.24) is 4.98 Å². The maximum Gasteiger partial charge on any atom is 0.394 e. The van der Waals surface area contributed by atoms with Crippen molar-refractivity contribution < 1.29 is 13.2 Å². The highest BCUT2D eigenvalue weighted by molar-refractivity contribution is 5.84. The van der Waals surface area contributed by atoms with Crippen LogP contribution in [0, 0.1) is 19.3 Å². The lowest BCUT2D eigenvalue weighted by molar-refractivity contribution is -0.210. The summed E-state index contributed by atoms with van der Waals surface area (Å²) in [5.74, 6) is 0. The van der Waals surface area contributed by atoms with Gasteiger partial charge in [-0.15, -0.1) is 0 Å². The minimum Gasteiger partial charge on any atom is -0.248 e. The second-order valence-corrected chi connectivity index (χ2v) is 7.62. The lowest BCUT2D eigenvalue weighted by Crippen LogP contribution is -2.34. The first-order chi connectivity index (χ1) is 12.1. The van der Waals surface area contributed by atoms with E-state index in [1.54, 1.807) is 12.1 Å². The van der Waals surface area contributed by atoms with Crippen molar-refractivity contribution in [2.24, 2.45) is 5.41 Å². The summed E-state index contributed by atoms with van der Waals surface area (Å²) in [6.45, 7) is 6.55. The second-order valence-electron chi connectivity index (χ2n) is 7.62. The monoisotopic (exact) mass is 357 g/mol. The zero-order chi connectivity index (χ0) is 19.1. The summed E-state index contributed by atoms with van der Waals surface area (Å²) in [6.07, 6.45) is -4.32. The number of fused-ring (bicyclic) bond motifs is 1. The van der Waals surface area contributed by atoms with E-state index in [2.05, 4.69) is 18.2 Å². The van der Waals surface area contributed by atoms with Crippen LogP contribution in [-0.2, 0) is 6.42 Å². The number of pyridine rings is 1. The van der Waals surface area contributed by atoms with Crippen molar-refractivity contribution in [2.75, 3.05) is 0 Å². The van der Waals surface area contributed by atoms with Crippen LogP contribution in [0.5, 0.6) is 0 Å². The molecule has 0 saturated carbocycles. The van der Waals surface area contributed by atoms with Crippen LogP contribution in [0.2, 0.25) is 0 Å². The van der Waals surface area contributed by atoms with Crippen molar-refractivity contribution in [1.29, 1.82) is 0 Å². The van der Waals surface area contributed by atoms with Gasteiger partial charge < -0.3 is 0 Å². The Balaban J connectivity index is 2.05. The quantitative estimate of drug-likeness (QED) is 0.511. The number of aryl methyl sites for hydroxylation is 2. The summed E-state index contributed by atoms with van der Waals surface area (Å²) in [6, 6.07) is 15.4. The Morgan fingerprint density at radius 3 is 2.15 bits per heavy atom. The SMILES string of the molecule is Cc1cc(C)cc(-c2ccc3c(CC(C)(C)C(F)(F)F)cccc3n2)c1. The van der Waals surface area contributed by atoms with Gasteiger partial charge in [0.05, 0.1) is 16.6 Å². The Hall–Kier alpha value is -2.36. The van der Waals surface area contributed by atoms with Gasteiger partial charge in [0, 0.05) is 10.9 Å².